The number of rotatable bonds is 5. The number of aliphatic carboxylic acids is 1. The lowest BCUT2D eigenvalue weighted by atomic mass is 9.93. The van der Waals surface area contributed by atoms with E-state index in [1.165, 1.54) is 0 Å². The van der Waals surface area contributed by atoms with E-state index in [0.29, 0.717) is 13.0 Å². The molecular formula is C15H21NO3. The molecule has 1 aliphatic rings. The van der Waals surface area contributed by atoms with Crippen LogP contribution in [-0.2, 0) is 4.79 Å². The number of piperidine rings is 1. The van der Waals surface area contributed by atoms with Crippen LogP contribution in [0.25, 0.3) is 0 Å². The van der Waals surface area contributed by atoms with Crippen molar-refractivity contribution in [3.05, 3.63) is 29.8 Å². The van der Waals surface area contributed by atoms with Crippen molar-refractivity contribution in [2.45, 2.75) is 44.7 Å². The molecule has 0 bridgehead atoms. The summed E-state index contributed by atoms with van der Waals surface area (Å²) in [7, 11) is 0. The highest BCUT2D eigenvalue weighted by molar-refractivity contribution is 5.73. The molecule has 0 spiro atoms. The van der Waals surface area contributed by atoms with Gasteiger partial charge in [-0.3, -0.25) is 10.1 Å². The zero-order chi connectivity index (χ0) is 13.7. The highest BCUT2D eigenvalue weighted by Crippen LogP contribution is 2.32. The SMILES string of the molecule is CCCOc1ccccc1C1CCCC(C(=O)O)N1. The summed E-state index contributed by atoms with van der Waals surface area (Å²) in [4.78, 5) is 11.1. The molecular weight excluding hydrogens is 242 g/mol. The minimum Gasteiger partial charge on any atom is -0.493 e. The molecule has 0 aliphatic carbocycles. The second-order valence-corrected chi connectivity index (χ2v) is 4.93. The van der Waals surface area contributed by atoms with Gasteiger partial charge in [-0.2, -0.15) is 0 Å². The van der Waals surface area contributed by atoms with Gasteiger partial charge in [-0.25, -0.2) is 0 Å². The van der Waals surface area contributed by atoms with Gasteiger partial charge in [0.05, 0.1) is 6.61 Å². The number of carbonyl (C=O) groups is 1. The quantitative estimate of drug-likeness (QED) is 0.857. The van der Waals surface area contributed by atoms with Gasteiger partial charge in [-0.1, -0.05) is 25.1 Å². The average Bonchev–Trinajstić information content (AvgIpc) is 2.45. The third kappa shape index (κ3) is 3.47. The van der Waals surface area contributed by atoms with Crippen LogP contribution >= 0.6 is 0 Å². The molecule has 2 rings (SSSR count). The number of benzene rings is 1. The summed E-state index contributed by atoms with van der Waals surface area (Å²) >= 11 is 0. The smallest absolute Gasteiger partial charge is 0.320 e. The van der Waals surface area contributed by atoms with Gasteiger partial charge in [0.15, 0.2) is 0 Å². The van der Waals surface area contributed by atoms with Gasteiger partial charge >= 0.3 is 5.97 Å². The maximum atomic E-state index is 11.1. The third-order valence-corrected chi connectivity index (χ3v) is 3.44. The molecule has 0 aromatic heterocycles. The van der Waals surface area contributed by atoms with E-state index in [1.54, 1.807) is 0 Å². The van der Waals surface area contributed by atoms with Crippen molar-refractivity contribution in [3.63, 3.8) is 0 Å². The van der Waals surface area contributed by atoms with Gasteiger partial charge in [0, 0.05) is 11.6 Å². The number of para-hydroxylation sites is 1. The summed E-state index contributed by atoms with van der Waals surface area (Å²) in [5.41, 5.74) is 1.07. The zero-order valence-corrected chi connectivity index (χ0v) is 11.3. The summed E-state index contributed by atoms with van der Waals surface area (Å²) in [6, 6.07) is 7.52. The first-order chi connectivity index (χ1) is 9.22. The first-order valence-corrected chi connectivity index (χ1v) is 6.93. The maximum absolute atomic E-state index is 11.1. The normalized spacial score (nSPS) is 23.0. The third-order valence-electron chi connectivity index (χ3n) is 3.44. The number of nitrogens with one attached hydrogen (secondary N) is 1. The fourth-order valence-corrected chi connectivity index (χ4v) is 2.49. The average molecular weight is 263 g/mol. The number of hydrogen-bond acceptors (Lipinski definition) is 3. The molecule has 4 heteroatoms. The fraction of sp³-hybridized carbons (Fsp3) is 0.533. The van der Waals surface area contributed by atoms with Gasteiger partial charge in [0.25, 0.3) is 0 Å². The molecule has 1 heterocycles. The molecule has 2 N–H and O–H groups in total. The monoisotopic (exact) mass is 263 g/mol. The van der Waals surface area contributed by atoms with E-state index < -0.39 is 12.0 Å². The molecule has 19 heavy (non-hydrogen) atoms. The van der Waals surface area contributed by atoms with Crippen LogP contribution in [0.3, 0.4) is 0 Å². The largest absolute Gasteiger partial charge is 0.493 e. The Kier molecular flexibility index (Phi) is 4.80. The van der Waals surface area contributed by atoms with Crippen molar-refractivity contribution >= 4 is 5.97 Å². The lowest BCUT2D eigenvalue weighted by Crippen LogP contribution is -2.42. The molecule has 0 saturated carbocycles. The highest BCUT2D eigenvalue weighted by atomic mass is 16.5. The second kappa shape index (κ2) is 6.57. The summed E-state index contributed by atoms with van der Waals surface area (Å²) in [5.74, 6) is 0.101. The predicted octanol–water partition coefficient (Wildman–Crippen LogP) is 2.74. The van der Waals surface area contributed by atoms with E-state index in [2.05, 4.69) is 12.2 Å². The molecule has 1 aromatic carbocycles. The number of ether oxygens (including phenoxy) is 1. The van der Waals surface area contributed by atoms with Crippen LogP contribution in [0, 0.1) is 0 Å². The van der Waals surface area contributed by atoms with Crippen molar-refractivity contribution in [3.8, 4) is 5.75 Å². The summed E-state index contributed by atoms with van der Waals surface area (Å²) in [6.45, 7) is 2.76. The van der Waals surface area contributed by atoms with E-state index in [9.17, 15) is 4.79 Å². The fourth-order valence-electron chi connectivity index (χ4n) is 2.49. The van der Waals surface area contributed by atoms with E-state index in [1.807, 2.05) is 24.3 Å². The van der Waals surface area contributed by atoms with Crippen molar-refractivity contribution in [1.82, 2.24) is 5.32 Å². The van der Waals surface area contributed by atoms with Gasteiger partial charge in [0.2, 0.25) is 0 Å². The lowest BCUT2D eigenvalue weighted by Gasteiger charge is -2.30. The number of carboxylic acids is 1. The van der Waals surface area contributed by atoms with Crippen molar-refractivity contribution in [2.24, 2.45) is 0 Å². The van der Waals surface area contributed by atoms with E-state index >= 15 is 0 Å². The highest BCUT2D eigenvalue weighted by Gasteiger charge is 2.28. The standard InChI is InChI=1S/C15H21NO3/c1-2-10-19-14-9-4-3-6-11(14)12-7-5-8-13(16-12)15(17)18/h3-4,6,9,12-13,16H,2,5,7-8,10H2,1H3,(H,17,18). The molecule has 4 nitrogen and oxygen atoms in total. The molecule has 1 aromatic rings. The molecule has 0 amide bonds. The summed E-state index contributed by atoms with van der Waals surface area (Å²) < 4.78 is 5.75. The minimum absolute atomic E-state index is 0.0721. The molecule has 1 fully saturated rings. The lowest BCUT2D eigenvalue weighted by molar-refractivity contribution is -0.140. The summed E-state index contributed by atoms with van der Waals surface area (Å²) in [5, 5.41) is 12.3. The molecule has 1 saturated heterocycles. The van der Waals surface area contributed by atoms with Crippen LogP contribution < -0.4 is 10.1 Å². The van der Waals surface area contributed by atoms with Crippen LogP contribution in [-0.4, -0.2) is 23.7 Å². The van der Waals surface area contributed by atoms with Crippen LogP contribution in [0.15, 0.2) is 24.3 Å². The molecule has 1 aliphatic heterocycles. The Morgan fingerprint density at radius 2 is 2.21 bits per heavy atom. The molecule has 2 unspecified atom stereocenters. The zero-order valence-electron chi connectivity index (χ0n) is 11.3. The summed E-state index contributed by atoms with van der Waals surface area (Å²) in [6.07, 6.45) is 3.54. The first-order valence-electron chi connectivity index (χ1n) is 6.93. The Labute approximate surface area is 113 Å². The molecule has 2 atom stereocenters. The molecule has 104 valence electrons. The van der Waals surface area contributed by atoms with E-state index in [0.717, 1.165) is 30.6 Å². The maximum Gasteiger partial charge on any atom is 0.320 e. The Bertz CT molecular complexity index is 433. The van der Waals surface area contributed by atoms with Gasteiger partial charge in [-0.15, -0.1) is 0 Å². The number of hydrogen-bond donors (Lipinski definition) is 2. The van der Waals surface area contributed by atoms with Crippen molar-refractivity contribution in [2.75, 3.05) is 6.61 Å². The predicted molar refractivity (Wildman–Crippen MR) is 73.4 cm³/mol. The van der Waals surface area contributed by atoms with Crippen LogP contribution in [0.1, 0.15) is 44.2 Å². The van der Waals surface area contributed by atoms with E-state index in [4.69, 9.17) is 9.84 Å². The number of carboxylic acid groups (broad SMARTS) is 1. The Balaban J connectivity index is 2.14. The first kappa shape index (κ1) is 13.9. The van der Waals surface area contributed by atoms with E-state index in [-0.39, 0.29) is 6.04 Å². The van der Waals surface area contributed by atoms with Crippen LogP contribution in [0.2, 0.25) is 0 Å². The topological polar surface area (TPSA) is 58.6 Å². The van der Waals surface area contributed by atoms with Crippen molar-refractivity contribution in [1.29, 1.82) is 0 Å². The Morgan fingerprint density at radius 3 is 2.95 bits per heavy atom. The van der Waals surface area contributed by atoms with Crippen LogP contribution in [0.5, 0.6) is 5.75 Å². The Hall–Kier alpha value is -1.55. The van der Waals surface area contributed by atoms with Crippen molar-refractivity contribution < 1.29 is 14.6 Å². The van der Waals surface area contributed by atoms with Gasteiger partial charge in [0.1, 0.15) is 11.8 Å². The second-order valence-electron chi connectivity index (χ2n) is 4.93. The minimum atomic E-state index is -0.767. The van der Waals surface area contributed by atoms with Crippen LogP contribution in [0.4, 0.5) is 0 Å². The molecule has 0 radical (unpaired) electrons. The van der Waals surface area contributed by atoms with Gasteiger partial charge < -0.3 is 9.84 Å². The Morgan fingerprint density at radius 1 is 1.42 bits per heavy atom. The van der Waals surface area contributed by atoms with Gasteiger partial charge in [-0.05, 0) is 31.7 Å².